The van der Waals surface area contributed by atoms with E-state index in [4.69, 9.17) is 5.21 Å². The van der Waals surface area contributed by atoms with Crippen LogP contribution < -0.4 is 10.2 Å². The summed E-state index contributed by atoms with van der Waals surface area (Å²) in [6.45, 7) is 0. The van der Waals surface area contributed by atoms with Gasteiger partial charge in [-0.25, -0.2) is 13.9 Å². The molecule has 0 radical (unpaired) electrons. The molecule has 0 fully saturated rings. The number of nitrogens with one attached hydrogen (secondary N) is 2. The van der Waals surface area contributed by atoms with Gasteiger partial charge >= 0.3 is 0 Å². The molecule has 0 aliphatic heterocycles. The Balaban J connectivity index is 2.22. The third-order valence-corrected chi connectivity index (χ3v) is 4.38. The number of para-hydroxylation sites is 1. The smallest absolute Gasteiger partial charge is 0.267 e. The second-order valence-electron chi connectivity index (χ2n) is 4.70. The van der Waals surface area contributed by atoms with Crippen LogP contribution in [0.3, 0.4) is 0 Å². The van der Waals surface area contributed by atoms with Crippen LogP contribution in [0.15, 0.2) is 77.7 Å². The number of amides is 1. The summed E-state index contributed by atoms with van der Waals surface area (Å²) < 4.78 is 27.3. The van der Waals surface area contributed by atoms with Crippen molar-refractivity contribution < 1.29 is 18.4 Å². The lowest BCUT2D eigenvalue weighted by atomic mass is 10.1. The van der Waals surface area contributed by atoms with E-state index < -0.39 is 15.9 Å². The second-order valence-corrected chi connectivity index (χ2v) is 6.38. The largest absolute Gasteiger partial charge is 0.288 e. The average molecular weight is 344 g/mol. The van der Waals surface area contributed by atoms with E-state index in [9.17, 15) is 13.2 Å². The van der Waals surface area contributed by atoms with Crippen LogP contribution in [0.4, 0.5) is 5.69 Å². The van der Waals surface area contributed by atoms with E-state index in [1.54, 1.807) is 54.6 Å². The molecule has 0 unspecified atom stereocenters. The number of benzene rings is 2. The maximum atomic E-state index is 12.4. The Morgan fingerprint density at radius 2 is 1.62 bits per heavy atom. The Morgan fingerprint density at radius 1 is 0.958 bits per heavy atom. The minimum atomic E-state index is -3.68. The summed E-state index contributed by atoms with van der Waals surface area (Å²) in [7, 11) is -3.68. The molecule has 0 saturated heterocycles. The fourth-order valence-corrected chi connectivity index (χ4v) is 2.99. The van der Waals surface area contributed by atoms with Gasteiger partial charge in [0.25, 0.3) is 15.9 Å². The van der Waals surface area contributed by atoms with Crippen molar-refractivity contribution in [1.29, 1.82) is 0 Å². The number of anilines is 1. The van der Waals surface area contributed by atoms with Gasteiger partial charge in [-0.05, 0) is 23.8 Å². The molecule has 2 aromatic rings. The Hall–Kier alpha value is -2.90. The fourth-order valence-electron chi connectivity index (χ4n) is 1.88. The molecule has 6 nitrogen and oxygen atoms in total. The first kappa shape index (κ1) is 17.5. The first-order valence-electron chi connectivity index (χ1n) is 6.98. The Kier molecular flexibility index (Phi) is 5.89. The molecular formula is C17H16N2O4S. The van der Waals surface area contributed by atoms with Crippen LogP contribution in [0.5, 0.6) is 0 Å². The minimum absolute atomic E-state index is 0.170. The van der Waals surface area contributed by atoms with Crippen molar-refractivity contribution in [2.24, 2.45) is 0 Å². The molecule has 0 aliphatic carbocycles. The molecule has 0 atom stereocenters. The standard InChI is InChI=1S/C17H16N2O4S/c20-17(18-21)13-7-5-9-14-8-4-6-12-16(14)19-24(22,23)15-10-2-1-3-11-15/h1-13,19,21H,(H,18,20)/b9-5+,13-7+. The van der Waals surface area contributed by atoms with Gasteiger partial charge in [-0.3, -0.25) is 14.7 Å². The molecule has 2 aromatic carbocycles. The molecule has 124 valence electrons. The number of carbonyl (C=O) groups excluding carboxylic acids is 1. The molecule has 7 heteroatoms. The number of hydroxylamine groups is 1. The van der Waals surface area contributed by atoms with E-state index in [0.29, 0.717) is 11.3 Å². The minimum Gasteiger partial charge on any atom is -0.288 e. The zero-order chi connectivity index (χ0) is 17.4. The predicted octanol–water partition coefficient (Wildman–Crippen LogP) is 2.56. The molecule has 3 N–H and O–H groups in total. The zero-order valence-electron chi connectivity index (χ0n) is 12.6. The third-order valence-electron chi connectivity index (χ3n) is 3.00. The quantitative estimate of drug-likeness (QED) is 0.325. The van der Waals surface area contributed by atoms with Gasteiger partial charge < -0.3 is 0 Å². The second kappa shape index (κ2) is 8.09. The summed E-state index contributed by atoms with van der Waals surface area (Å²) in [6, 6.07) is 14.9. The summed E-state index contributed by atoms with van der Waals surface area (Å²) >= 11 is 0. The molecule has 0 heterocycles. The van der Waals surface area contributed by atoms with E-state index in [-0.39, 0.29) is 4.90 Å². The lowest BCUT2D eigenvalue weighted by Crippen LogP contribution is -2.14. The SMILES string of the molecule is O=C(/C=C/C=C/c1ccccc1NS(=O)(=O)c1ccccc1)NO. The molecule has 2 rings (SSSR count). The number of hydrogen-bond donors (Lipinski definition) is 3. The van der Waals surface area contributed by atoms with Crippen molar-refractivity contribution in [2.75, 3.05) is 4.72 Å². The summed E-state index contributed by atoms with van der Waals surface area (Å²) in [6.07, 6.45) is 5.76. The van der Waals surface area contributed by atoms with Gasteiger partial charge in [0.05, 0.1) is 10.6 Å². The summed E-state index contributed by atoms with van der Waals surface area (Å²) in [5, 5.41) is 8.38. The Morgan fingerprint density at radius 3 is 2.33 bits per heavy atom. The van der Waals surface area contributed by atoms with Crippen LogP contribution in [0.2, 0.25) is 0 Å². The topological polar surface area (TPSA) is 95.5 Å². The van der Waals surface area contributed by atoms with E-state index in [0.717, 1.165) is 6.08 Å². The van der Waals surface area contributed by atoms with Crippen molar-refractivity contribution in [2.45, 2.75) is 4.90 Å². The van der Waals surface area contributed by atoms with E-state index in [1.165, 1.54) is 23.7 Å². The van der Waals surface area contributed by atoms with Crippen LogP contribution >= 0.6 is 0 Å². The van der Waals surface area contributed by atoms with Gasteiger partial charge in [-0.1, -0.05) is 54.6 Å². The number of carbonyl (C=O) groups is 1. The van der Waals surface area contributed by atoms with Crippen LogP contribution in [0, 0.1) is 0 Å². The molecule has 0 aromatic heterocycles. The van der Waals surface area contributed by atoms with E-state index in [1.807, 2.05) is 0 Å². The average Bonchev–Trinajstić information content (AvgIpc) is 2.60. The normalized spacial score (nSPS) is 11.7. The number of rotatable bonds is 6. The highest BCUT2D eigenvalue weighted by Gasteiger charge is 2.14. The molecular weight excluding hydrogens is 328 g/mol. The van der Waals surface area contributed by atoms with Gasteiger partial charge in [-0.15, -0.1) is 0 Å². The van der Waals surface area contributed by atoms with Gasteiger partial charge in [0, 0.05) is 6.08 Å². The predicted molar refractivity (Wildman–Crippen MR) is 91.8 cm³/mol. The third kappa shape index (κ3) is 4.80. The summed E-state index contributed by atoms with van der Waals surface area (Å²) in [5.74, 6) is -0.655. The molecule has 0 spiro atoms. The maximum absolute atomic E-state index is 12.4. The number of sulfonamides is 1. The van der Waals surface area contributed by atoms with Gasteiger partial charge in [0.2, 0.25) is 0 Å². The van der Waals surface area contributed by atoms with Gasteiger partial charge in [0.1, 0.15) is 0 Å². The molecule has 0 aliphatic rings. The van der Waals surface area contributed by atoms with Crippen LogP contribution in [-0.2, 0) is 14.8 Å². The zero-order valence-corrected chi connectivity index (χ0v) is 13.4. The first-order valence-corrected chi connectivity index (χ1v) is 8.47. The Labute approximate surface area is 140 Å². The van der Waals surface area contributed by atoms with Crippen LogP contribution in [0.25, 0.3) is 6.08 Å². The van der Waals surface area contributed by atoms with E-state index >= 15 is 0 Å². The van der Waals surface area contributed by atoms with Crippen molar-refractivity contribution in [3.05, 3.63) is 78.4 Å². The lowest BCUT2D eigenvalue weighted by molar-refractivity contribution is -0.124. The highest BCUT2D eigenvalue weighted by Crippen LogP contribution is 2.21. The molecule has 24 heavy (non-hydrogen) atoms. The maximum Gasteiger partial charge on any atom is 0.267 e. The molecule has 0 bridgehead atoms. The highest BCUT2D eigenvalue weighted by atomic mass is 32.2. The van der Waals surface area contributed by atoms with Crippen molar-refractivity contribution in [1.82, 2.24) is 5.48 Å². The van der Waals surface area contributed by atoms with Gasteiger partial charge in [0.15, 0.2) is 0 Å². The monoisotopic (exact) mass is 344 g/mol. The number of hydrogen-bond acceptors (Lipinski definition) is 4. The molecule has 0 saturated carbocycles. The van der Waals surface area contributed by atoms with Crippen LogP contribution in [-0.4, -0.2) is 19.5 Å². The lowest BCUT2D eigenvalue weighted by Gasteiger charge is -2.10. The summed E-state index contributed by atoms with van der Waals surface area (Å²) in [4.78, 5) is 11.0. The fraction of sp³-hybridized carbons (Fsp3) is 0. The summed E-state index contributed by atoms with van der Waals surface area (Å²) in [5.41, 5.74) is 2.52. The van der Waals surface area contributed by atoms with Crippen molar-refractivity contribution >= 4 is 27.7 Å². The number of allylic oxidation sites excluding steroid dienone is 2. The first-order chi connectivity index (χ1) is 11.5. The van der Waals surface area contributed by atoms with E-state index in [2.05, 4.69) is 4.72 Å². The highest BCUT2D eigenvalue weighted by molar-refractivity contribution is 7.92. The van der Waals surface area contributed by atoms with Crippen LogP contribution in [0.1, 0.15) is 5.56 Å². The van der Waals surface area contributed by atoms with Gasteiger partial charge in [-0.2, -0.15) is 0 Å². The van der Waals surface area contributed by atoms with Crippen molar-refractivity contribution in [3.8, 4) is 0 Å². The van der Waals surface area contributed by atoms with Crippen molar-refractivity contribution in [3.63, 3.8) is 0 Å². The molecule has 1 amide bonds. The Bertz CT molecular complexity index is 859.